The second kappa shape index (κ2) is 12.0. The molecule has 2 aliphatic rings. The first kappa shape index (κ1) is 30.6. The van der Waals surface area contributed by atoms with E-state index in [0.717, 1.165) is 11.4 Å². The van der Waals surface area contributed by atoms with E-state index >= 15 is 0 Å². The summed E-state index contributed by atoms with van der Waals surface area (Å²) in [5.74, 6) is 0. The van der Waals surface area contributed by atoms with Crippen molar-refractivity contribution in [3.63, 3.8) is 0 Å². The summed E-state index contributed by atoms with van der Waals surface area (Å²) in [5.41, 5.74) is 18.5. The molecule has 0 aromatic heterocycles. The molecule has 0 saturated heterocycles. The minimum absolute atomic E-state index is 0.393. The fourth-order valence-corrected chi connectivity index (χ4v) is 9.44. The van der Waals surface area contributed by atoms with E-state index in [9.17, 15) is 0 Å². The Morgan fingerprint density at radius 1 is 0.315 bits per heavy atom. The van der Waals surface area contributed by atoms with E-state index in [1.54, 1.807) is 0 Å². The lowest BCUT2D eigenvalue weighted by Crippen LogP contribution is -2.26. The van der Waals surface area contributed by atoms with Crippen LogP contribution in [-0.2, 0) is 5.41 Å². The van der Waals surface area contributed by atoms with Gasteiger partial charge in [0.15, 0.2) is 0 Å². The van der Waals surface area contributed by atoms with Gasteiger partial charge < -0.3 is 4.90 Å². The molecule has 0 atom stereocenters. The first-order chi connectivity index (χ1) is 26.8. The Morgan fingerprint density at radius 3 is 1.54 bits per heavy atom. The highest BCUT2D eigenvalue weighted by Gasteiger charge is 2.52. The Morgan fingerprint density at radius 2 is 0.833 bits per heavy atom. The van der Waals surface area contributed by atoms with Crippen molar-refractivity contribution >= 4 is 27.8 Å². The van der Waals surface area contributed by atoms with E-state index < -0.39 is 5.41 Å². The number of hydrogen-bond acceptors (Lipinski definition) is 1. The standard InChI is InChI=1S/C53H35N/c1-3-15-37(16-4-1)42-23-13-17-38-29-30-39(35-46(38)42)36-31-33-41(34-32-36)54(40-18-5-2-6-19-40)51-28-14-27-50-52(51)45-22-9-12-26-49(45)53(50)47-24-10-7-20-43(47)44-21-8-11-25-48(44)53/h1-35H. The number of hydrogen-bond donors (Lipinski definition) is 0. The zero-order chi connectivity index (χ0) is 35.6. The summed E-state index contributed by atoms with van der Waals surface area (Å²) in [4.78, 5) is 2.44. The molecule has 2 aliphatic carbocycles. The van der Waals surface area contributed by atoms with Gasteiger partial charge in [0, 0.05) is 16.9 Å². The quantitative estimate of drug-likeness (QED) is 0.174. The van der Waals surface area contributed by atoms with Crippen LogP contribution >= 0.6 is 0 Å². The molecule has 0 unspecified atom stereocenters. The first-order valence-corrected chi connectivity index (χ1v) is 18.8. The number of rotatable bonds is 5. The molecular formula is C53H35N. The van der Waals surface area contributed by atoms with Gasteiger partial charge in [-0.1, -0.05) is 176 Å². The number of benzene rings is 9. The average molecular weight is 686 g/mol. The maximum Gasteiger partial charge on any atom is 0.0726 e. The van der Waals surface area contributed by atoms with E-state index in [1.165, 1.54) is 83.2 Å². The summed E-state index contributed by atoms with van der Waals surface area (Å²) in [6, 6.07) is 78.1. The maximum absolute atomic E-state index is 2.44. The minimum atomic E-state index is -0.393. The molecule has 252 valence electrons. The Balaban J connectivity index is 1.09. The average Bonchev–Trinajstić information content (AvgIpc) is 3.72. The van der Waals surface area contributed by atoms with Crippen LogP contribution in [0, 0.1) is 0 Å². The zero-order valence-electron chi connectivity index (χ0n) is 29.7. The molecule has 0 fully saturated rings. The first-order valence-electron chi connectivity index (χ1n) is 18.8. The Hall–Kier alpha value is -6.96. The lowest BCUT2D eigenvalue weighted by Gasteiger charge is -2.31. The molecule has 0 aliphatic heterocycles. The monoisotopic (exact) mass is 685 g/mol. The van der Waals surface area contributed by atoms with Crippen LogP contribution in [0.1, 0.15) is 22.3 Å². The molecule has 0 amide bonds. The molecule has 0 radical (unpaired) electrons. The van der Waals surface area contributed by atoms with Crippen LogP contribution in [-0.4, -0.2) is 0 Å². The van der Waals surface area contributed by atoms with Gasteiger partial charge in [-0.25, -0.2) is 0 Å². The predicted octanol–water partition coefficient (Wildman–Crippen LogP) is 14.0. The van der Waals surface area contributed by atoms with E-state index in [4.69, 9.17) is 0 Å². The van der Waals surface area contributed by atoms with Crippen molar-refractivity contribution in [1.29, 1.82) is 0 Å². The van der Waals surface area contributed by atoms with Crippen LogP contribution in [0.15, 0.2) is 212 Å². The van der Waals surface area contributed by atoms with Gasteiger partial charge in [0.05, 0.1) is 11.1 Å². The second-order valence-electron chi connectivity index (χ2n) is 14.4. The molecule has 1 heteroatoms. The highest BCUT2D eigenvalue weighted by atomic mass is 15.1. The largest absolute Gasteiger partial charge is 0.310 e. The van der Waals surface area contributed by atoms with Gasteiger partial charge in [-0.15, -0.1) is 0 Å². The molecule has 0 saturated carbocycles. The predicted molar refractivity (Wildman–Crippen MR) is 226 cm³/mol. The van der Waals surface area contributed by atoms with Gasteiger partial charge >= 0.3 is 0 Å². The molecule has 1 spiro atoms. The van der Waals surface area contributed by atoms with Gasteiger partial charge in [0.25, 0.3) is 0 Å². The third-order valence-electron chi connectivity index (χ3n) is 11.7. The van der Waals surface area contributed by atoms with Crippen molar-refractivity contribution in [2.75, 3.05) is 4.90 Å². The molecule has 9 aromatic carbocycles. The van der Waals surface area contributed by atoms with E-state index in [1.807, 2.05) is 0 Å². The second-order valence-corrected chi connectivity index (χ2v) is 14.4. The molecule has 0 heterocycles. The van der Waals surface area contributed by atoms with E-state index in [-0.39, 0.29) is 0 Å². The molecule has 54 heavy (non-hydrogen) atoms. The Labute approximate surface area is 316 Å². The smallest absolute Gasteiger partial charge is 0.0726 e. The van der Waals surface area contributed by atoms with Gasteiger partial charge in [-0.2, -0.15) is 0 Å². The van der Waals surface area contributed by atoms with Gasteiger partial charge in [0.2, 0.25) is 0 Å². The molecule has 0 N–H and O–H groups in total. The van der Waals surface area contributed by atoms with Crippen LogP contribution < -0.4 is 4.90 Å². The number of para-hydroxylation sites is 1. The van der Waals surface area contributed by atoms with Crippen molar-refractivity contribution in [2.24, 2.45) is 0 Å². The van der Waals surface area contributed by atoms with Crippen LogP contribution in [0.4, 0.5) is 17.1 Å². The summed E-state index contributed by atoms with van der Waals surface area (Å²) in [7, 11) is 0. The molecule has 0 bridgehead atoms. The van der Waals surface area contributed by atoms with Gasteiger partial charge in [0.1, 0.15) is 0 Å². The highest BCUT2D eigenvalue weighted by molar-refractivity contribution is 6.02. The fraction of sp³-hybridized carbons (Fsp3) is 0.0189. The van der Waals surface area contributed by atoms with Crippen LogP contribution in [0.3, 0.4) is 0 Å². The SMILES string of the molecule is c1ccc(-c2cccc3ccc(-c4ccc(N(c5ccccc5)c5cccc6c5-c5ccccc5C65c6ccccc6-c6ccccc65)cc4)cc23)cc1. The topological polar surface area (TPSA) is 3.24 Å². The van der Waals surface area contributed by atoms with Crippen LogP contribution in [0.5, 0.6) is 0 Å². The summed E-state index contributed by atoms with van der Waals surface area (Å²) < 4.78 is 0. The number of nitrogens with zero attached hydrogens (tertiary/aromatic N) is 1. The van der Waals surface area contributed by atoms with Gasteiger partial charge in [-0.05, 0) is 108 Å². The summed E-state index contributed by atoms with van der Waals surface area (Å²) in [6.45, 7) is 0. The molecule has 11 rings (SSSR count). The Kier molecular flexibility index (Phi) is 6.84. The van der Waals surface area contributed by atoms with Crippen molar-refractivity contribution < 1.29 is 0 Å². The lowest BCUT2D eigenvalue weighted by atomic mass is 9.70. The lowest BCUT2D eigenvalue weighted by molar-refractivity contribution is 0.794. The van der Waals surface area contributed by atoms with Gasteiger partial charge in [-0.3, -0.25) is 0 Å². The third-order valence-corrected chi connectivity index (χ3v) is 11.7. The van der Waals surface area contributed by atoms with E-state index in [0.29, 0.717) is 0 Å². The Bertz CT molecular complexity index is 2820. The third kappa shape index (κ3) is 4.39. The van der Waals surface area contributed by atoms with Crippen LogP contribution in [0.25, 0.3) is 55.3 Å². The van der Waals surface area contributed by atoms with Crippen molar-refractivity contribution in [3.05, 3.63) is 235 Å². The highest BCUT2D eigenvalue weighted by Crippen LogP contribution is 2.64. The summed E-state index contributed by atoms with van der Waals surface area (Å²) in [6.07, 6.45) is 0. The van der Waals surface area contributed by atoms with Crippen LogP contribution in [0.2, 0.25) is 0 Å². The summed E-state index contributed by atoms with van der Waals surface area (Å²) in [5, 5.41) is 2.51. The van der Waals surface area contributed by atoms with Crippen molar-refractivity contribution in [1.82, 2.24) is 0 Å². The van der Waals surface area contributed by atoms with Crippen molar-refractivity contribution in [3.8, 4) is 44.5 Å². The summed E-state index contributed by atoms with van der Waals surface area (Å²) >= 11 is 0. The maximum atomic E-state index is 2.44. The number of anilines is 3. The molecule has 1 nitrogen and oxygen atoms in total. The number of fused-ring (bicyclic) bond motifs is 11. The van der Waals surface area contributed by atoms with Crippen molar-refractivity contribution in [2.45, 2.75) is 5.41 Å². The fourth-order valence-electron chi connectivity index (χ4n) is 9.44. The molecular weight excluding hydrogens is 651 g/mol. The zero-order valence-corrected chi connectivity index (χ0v) is 29.7. The molecule has 9 aromatic rings. The van der Waals surface area contributed by atoms with E-state index in [2.05, 4.69) is 217 Å². The minimum Gasteiger partial charge on any atom is -0.310 e. The normalized spacial score (nSPS) is 13.0.